The lowest BCUT2D eigenvalue weighted by Gasteiger charge is -2.07. The van der Waals surface area contributed by atoms with E-state index >= 15 is 0 Å². The van der Waals surface area contributed by atoms with Gasteiger partial charge in [-0.1, -0.05) is 11.6 Å². The highest BCUT2D eigenvalue weighted by atomic mass is 16.3. The van der Waals surface area contributed by atoms with Gasteiger partial charge >= 0.3 is 0 Å². The summed E-state index contributed by atoms with van der Waals surface area (Å²) < 4.78 is 5.48. The highest BCUT2D eigenvalue weighted by Crippen LogP contribution is 2.22. The third-order valence-corrected chi connectivity index (χ3v) is 2.30. The van der Waals surface area contributed by atoms with Crippen molar-refractivity contribution < 1.29 is 4.42 Å². The van der Waals surface area contributed by atoms with Crippen LogP contribution in [0.15, 0.2) is 28.9 Å². The van der Waals surface area contributed by atoms with Crippen LogP contribution >= 0.6 is 0 Å². The van der Waals surface area contributed by atoms with Crippen LogP contribution in [-0.2, 0) is 6.54 Å². The smallest absolute Gasteiger partial charge is 0.134 e. The predicted molar refractivity (Wildman–Crippen MR) is 58.3 cm³/mol. The van der Waals surface area contributed by atoms with Crippen LogP contribution in [0.25, 0.3) is 11.0 Å². The molecule has 0 fully saturated rings. The zero-order valence-electron chi connectivity index (χ0n) is 8.87. The lowest BCUT2D eigenvalue weighted by atomic mass is 10.1. The molecule has 0 N–H and O–H groups in total. The molecule has 1 heterocycles. The molecule has 0 bridgehead atoms. The van der Waals surface area contributed by atoms with Gasteiger partial charge in [-0.2, -0.15) is 0 Å². The predicted octanol–water partition coefficient (Wildman–Crippen LogP) is 2.80. The van der Waals surface area contributed by atoms with E-state index in [1.54, 1.807) is 0 Å². The fourth-order valence-electron chi connectivity index (χ4n) is 1.66. The number of furan rings is 1. The summed E-state index contributed by atoms with van der Waals surface area (Å²) >= 11 is 0. The third-order valence-electron chi connectivity index (χ3n) is 2.30. The van der Waals surface area contributed by atoms with Crippen LogP contribution in [0.4, 0.5) is 0 Å². The van der Waals surface area contributed by atoms with Gasteiger partial charge in [0.25, 0.3) is 0 Å². The van der Waals surface area contributed by atoms with Crippen molar-refractivity contribution in [3.63, 3.8) is 0 Å². The van der Waals surface area contributed by atoms with Crippen molar-refractivity contribution in [2.75, 3.05) is 14.1 Å². The average molecular weight is 189 g/mol. The number of fused-ring (bicyclic) bond motifs is 1. The molecule has 2 heteroatoms. The molecule has 0 aliphatic rings. The molecule has 2 rings (SSSR count). The Morgan fingerprint density at radius 2 is 2.07 bits per heavy atom. The third kappa shape index (κ3) is 1.66. The van der Waals surface area contributed by atoms with E-state index in [4.69, 9.17) is 4.42 Å². The summed E-state index contributed by atoms with van der Waals surface area (Å²) in [7, 11) is 4.13. The Morgan fingerprint density at radius 1 is 1.29 bits per heavy atom. The summed E-state index contributed by atoms with van der Waals surface area (Å²) in [5.41, 5.74) is 3.51. The number of hydrogen-bond donors (Lipinski definition) is 0. The first kappa shape index (κ1) is 9.28. The maximum atomic E-state index is 5.48. The van der Waals surface area contributed by atoms with Crippen LogP contribution in [0.2, 0.25) is 0 Å². The molecule has 14 heavy (non-hydrogen) atoms. The maximum Gasteiger partial charge on any atom is 0.134 e. The summed E-state index contributed by atoms with van der Waals surface area (Å²) in [5.74, 6) is 0. The molecule has 2 aromatic rings. The van der Waals surface area contributed by atoms with Gasteiger partial charge in [-0.15, -0.1) is 0 Å². The second kappa shape index (κ2) is 3.46. The molecule has 0 unspecified atom stereocenters. The van der Waals surface area contributed by atoms with Crippen LogP contribution in [0, 0.1) is 6.92 Å². The molecule has 1 aromatic heterocycles. The van der Waals surface area contributed by atoms with Crippen molar-refractivity contribution in [1.82, 2.24) is 4.90 Å². The molecule has 0 aliphatic carbocycles. The minimum absolute atomic E-state index is 0.927. The van der Waals surface area contributed by atoms with E-state index in [0.29, 0.717) is 0 Å². The van der Waals surface area contributed by atoms with Gasteiger partial charge in [0.05, 0.1) is 6.26 Å². The zero-order chi connectivity index (χ0) is 10.1. The van der Waals surface area contributed by atoms with Crippen molar-refractivity contribution in [2.24, 2.45) is 0 Å². The summed E-state index contributed by atoms with van der Waals surface area (Å²) in [6, 6.07) is 6.28. The largest absolute Gasteiger partial charge is 0.464 e. The summed E-state index contributed by atoms with van der Waals surface area (Å²) in [6.45, 7) is 3.03. The van der Waals surface area contributed by atoms with E-state index in [9.17, 15) is 0 Å². The summed E-state index contributed by atoms with van der Waals surface area (Å²) in [6.07, 6.45) is 1.85. The maximum absolute atomic E-state index is 5.48. The number of rotatable bonds is 2. The Kier molecular flexibility index (Phi) is 2.30. The molecule has 2 nitrogen and oxygen atoms in total. The molecule has 74 valence electrons. The number of benzene rings is 1. The Balaban J connectivity index is 2.50. The number of hydrogen-bond acceptors (Lipinski definition) is 2. The summed E-state index contributed by atoms with van der Waals surface area (Å²) in [5, 5.41) is 1.23. The van der Waals surface area contributed by atoms with Crippen LogP contribution in [0.3, 0.4) is 0 Å². The van der Waals surface area contributed by atoms with Crippen molar-refractivity contribution >= 4 is 11.0 Å². The molecular weight excluding hydrogens is 174 g/mol. The van der Waals surface area contributed by atoms with Gasteiger partial charge in [0, 0.05) is 17.5 Å². The molecule has 0 spiro atoms. The Hall–Kier alpha value is -1.28. The molecule has 0 saturated heterocycles. The van der Waals surface area contributed by atoms with Gasteiger partial charge in [-0.25, -0.2) is 0 Å². The Labute approximate surface area is 84.1 Å². The van der Waals surface area contributed by atoms with Crippen LogP contribution in [0.1, 0.15) is 11.1 Å². The quantitative estimate of drug-likeness (QED) is 0.722. The van der Waals surface area contributed by atoms with Gasteiger partial charge in [-0.05, 0) is 33.2 Å². The van der Waals surface area contributed by atoms with E-state index < -0.39 is 0 Å². The lowest BCUT2D eigenvalue weighted by molar-refractivity contribution is 0.401. The zero-order valence-corrected chi connectivity index (χ0v) is 8.87. The normalized spacial score (nSPS) is 11.4. The fourth-order valence-corrected chi connectivity index (χ4v) is 1.66. The lowest BCUT2D eigenvalue weighted by Crippen LogP contribution is -2.09. The van der Waals surface area contributed by atoms with E-state index in [1.807, 2.05) is 12.3 Å². The molecule has 0 aliphatic heterocycles. The number of aryl methyl sites for hydroxylation is 1. The highest BCUT2D eigenvalue weighted by Gasteiger charge is 2.06. The Bertz CT molecular complexity index is 443. The summed E-state index contributed by atoms with van der Waals surface area (Å²) in [4.78, 5) is 2.15. The molecular formula is C12H15NO. The molecule has 0 atom stereocenters. The van der Waals surface area contributed by atoms with Gasteiger partial charge in [0.1, 0.15) is 5.58 Å². The Morgan fingerprint density at radius 3 is 2.79 bits per heavy atom. The van der Waals surface area contributed by atoms with Crippen LogP contribution < -0.4 is 0 Å². The minimum Gasteiger partial charge on any atom is -0.464 e. The van der Waals surface area contributed by atoms with E-state index in [2.05, 4.69) is 38.1 Å². The van der Waals surface area contributed by atoms with E-state index in [-0.39, 0.29) is 0 Å². The van der Waals surface area contributed by atoms with Gasteiger partial charge in [0.2, 0.25) is 0 Å². The monoisotopic (exact) mass is 189 g/mol. The van der Waals surface area contributed by atoms with Crippen molar-refractivity contribution in [1.29, 1.82) is 0 Å². The molecule has 0 saturated carbocycles. The highest BCUT2D eigenvalue weighted by molar-refractivity contribution is 5.81. The van der Waals surface area contributed by atoms with E-state index in [1.165, 1.54) is 16.5 Å². The second-order valence-electron chi connectivity index (χ2n) is 4.00. The van der Waals surface area contributed by atoms with Crippen molar-refractivity contribution in [3.8, 4) is 0 Å². The second-order valence-corrected chi connectivity index (χ2v) is 4.00. The van der Waals surface area contributed by atoms with E-state index in [0.717, 1.165) is 12.1 Å². The van der Waals surface area contributed by atoms with Gasteiger partial charge in [0.15, 0.2) is 0 Å². The van der Waals surface area contributed by atoms with Crippen LogP contribution in [0.5, 0.6) is 0 Å². The topological polar surface area (TPSA) is 16.4 Å². The van der Waals surface area contributed by atoms with Crippen molar-refractivity contribution in [3.05, 3.63) is 35.6 Å². The average Bonchev–Trinajstić information content (AvgIpc) is 2.47. The molecule has 0 amide bonds. The van der Waals surface area contributed by atoms with Crippen LogP contribution in [-0.4, -0.2) is 19.0 Å². The van der Waals surface area contributed by atoms with Crippen molar-refractivity contribution in [2.45, 2.75) is 13.5 Å². The molecule has 0 radical (unpaired) electrons. The molecule has 1 aromatic carbocycles. The van der Waals surface area contributed by atoms with Gasteiger partial charge < -0.3 is 9.32 Å². The first-order valence-electron chi connectivity index (χ1n) is 4.78. The first-order valence-corrected chi connectivity index (χ1v) is 4.78. The SMILES string of the molecule is Cc1ccc2occ(CN(C)C)c2c1. The fraction of sp³-hybridized carbons (Fsp3) is 0.333. The standard InChI is InChI=1S/C12H15NO/c1-9-4-5-12-11(6-9)10(8-14-12)7-13(2)3/h4-6,8H,7H2,1-3H3. The minimum atomic E-state index is 0.927. The first-order chi connectivity index (χ1) is 6.66. The van der Waals surface area contributed by atoms with Gasteiger partial charge in [-0.3, -0.25) is 0 Å². The number of nitrogens with zero attached hydrogens (tertiary/aromatic N) is 1.